The largest absolute Gasteiger partial charge is 0.307 e. The van der Waals surface area contributed by atoms with E-state index < -0.39 is 0 Å². The van der Waals surface area contributed by atoms with Crippen molar-refractivity contribution < 1.29 is 4.79 Å². The topological polar surface area (TPSA) is 29.1 Å². The van der Waals surface area contributed by atoms with E-state index in [1.807, 2.05) is 13.8 Å². The lowest BCUT2D eigenvalue weighted by molar-refractivity contribution is -0.115. The van der Waals surface area contributed by atoms with E-state index >= 15 is 0 Å². The van der Waals surface area contributed by atoms with Gasteiger partial charge in [0.25, 0.3) is 0 Å². The first-order valence-electron chi connectivity index (χ1n) is 5.23. The van der Waals surface area contributed by atoms with E-state index in [9.17, 15) is 4.79 Å². The molecule has 0 heterocycles. The highest BCUT2D eigenvalue weighted by atomic mass is 16.1. The molecule has 0 fully saturated rings. The Balaban J connectivity index is 4.42. The van der Waals surface area contributed by atoms with Gasteiger partial charge in [0.1, 0.15) is 6.29 Å². The van der Waals surface area contributed by atoms with E-state index in [4.69, 9.17) is 0 Å². The molecule has 0 radical (unpaired) electrons. The molecule has 0 unspecified atom stereocenters. The van der Waals surface area contributed by atoms with Gasteiger partial charge in [0, 0.05) is 16.5 Å². The average molecular weight is 199 g/mol. The Morgan fingerprint density at radius 1 is 1.00 bits per heavy atom. The van der Waals surface area contributed by atoms with Gasteiger partial charge in [-0.15, -0.1) is 0 Å². The van der Waals surface area contributed by atoms with E-state index in [-0.39, 0.29) is 16.5 Å². The minimum atomic E-state index is -0.248. The summed E-state index contributed by atoms with van der Waals surface area (Å²) < 4.78 is 0. The zero-order chi connectivity index (χ0) is 11.6. The van der Waals surface area contributed by atoms with Gasteiger partial charge < -0.3 is 10.1 Å². The predicted octanol–water partition coefficient (Wildman–Crippen LogP) is 2.77. The van der Waals surface area contributed by atoms with Crippen molar-refractivity contribution in [2.45, 2.75) is 66.0 Å². The highest BCUT2D eigenvalue weighted by Gasteiger charge is 2.31. The van der Waals surface area contributed by atoms with Crippen LogP contribution in [0.1, 0.15) is 54.9 Å². The van der Waals surface area contributed by atoms with Crippen LogP contribution in [0.25, 0.3) is 0 Å². The molecule has 2 heteroatoms. The summed E-state index contributed by atoms with van der Waals surface area (Å²) in [5, 5.41) is 3.53. The van der Waals surface area contributed by atoms with E-state index in [0.717, 1.165) is 12.7 Å². The quantitative estimate of drug-likeness (QED) is 0.705. The molecule has 0 aromatic rings. The van der Waals surface area contributed by atoms with Crippen LogP contribution in [0.5, 0.6) is 0 Å². The summed E-state index contributed by atoms with van der Waals surface area (Å²) in [6.07, 6.45) is 1.89. The molecule has 0 rings (SSSR count). The van der Waals surface area contributed by atoms with E-state index in [1.54, 1.807) is 0 Å². The number of rotatable bonds is 4. The number of hydrogen-bond donors (Lipinski definition) is 1. The third kappa shape index (κ3) is 6.14. The fraction of sp³-hybridized carbons (Fsp3) is 0.917. The van der Waals surface area contributed by atoms with Crippen LogP contribution in [0.2, 0.25) is 0 Å². The lowest BCUT2D eigenvalue weighted by atomic mass is 9.80. The third-order valence-corrected chi connectivity index (χ3v) is 1.93. The van der Waals surface area contributed by atoms with Crippen LogP contribution >= 0.6 is 0 Å². The SMILES string of the molecule is CC(C)(C=O)CC(C)(C)NC(C)(C)C. The summed E-state index contributed by atoms with van der Waals surface area (Å²) in [5.41, 5.74) is -0.174. The van der Waals surface area contributed by atoms with Crippen LogP contribution in [-0.2, 0) is 4.79 Å². The molecule has 0 aromatic heterocycles. The lowest BCUT2D eigenvalue weighted by Gasteiger charge is -2.38. The van der Waals surface area contributed by atoms with Crippen LogP contribution in [0.15, 0.2) is 0 Å². The summed E-state index contributed by atoms with van der Waals surface area (Å²) in [6.45, 7) is 14.7. The maximum Gasteiger partial charge on any atom is 0.125 e. The van der Waals surface area contributed by atoms with Gasteiger partial charge in [-0.05, 0) is 41.0 Å². The fourth-order valence-electron chi connectivity index (χ4n) is 2.24. The highest BCUT2D eigenvalue weighted by molar-refractivity contribution is 5.58. The second-order valence-corrected chi connectivity index (χ2v) is 6.54. The summed E-state index contributed by atoms with van der Waals surface area (Å²) in [5.74, 6) is 0. The van der Waals surface area contributed by atoms with Crippen LogP contribution in [0.3, 0.4) is 0 Å². The van der Waals surface area contributed by atoms with Gasteiger partial charge in [-0.1, -0.05) is 13.8 Å². The molecule has 0 aliphatic rings. The van der Waals surface area contributed by atoms with Gasteiger partial charge in [-0.2, -0.15) is 0 Å². The number of aldehydes is 1. The smallest absolute Gasteiger partial charge is 0.125 e. The van der Waals surface area contributed by atoms with E-state index in [2.05, 4.69) is 39.9 Å². The Hall–Kier alpha value is -0.370. The monoisotopic (exact) mass is 199 g/mol. The first-order valence-corrected chi connectivity index (χ1v) is 5.23. The Morgan fingerprint density at radius 2 is 1.43 bits per heavy atom. The Morgan fingerprint density at radius 3 is 1.71 bits per heavy atom. The second-order valence-electron chi connectivity index (χ2n) is 6.54. The maximum absolute atomic E-state index is 10.8. The number of hydrogen-bond acceptors (Lipinski definition) is 2. The van der Waals surface area contributed by atoms with Crippen molar-refractivity contribution in [1.29, 1.82) is 0 Å². The number of carbonyl (C=O) groups is 1. The molecule has 0 saturated heterocycles. The standard InChI is InChI=1S/C12H25NO/c1-10(2,3)13-12(6,7)8-11(4,5)9-14/h9,13H,8H2,1-7H3. The number of carbonyl (C=O) groups excluding carboxylic acids is 1. The van der Waals surface area contributed by atoms with Crippen molar-refractivity contribution in [3.63, 3.8) is 0 Å². The fourth-order valence-corrected chi connectivity index (χ4v) is 2.24. The van der Waals surface area contributed by atoms with Crippen molar-refractivity contribution >= 4 is 6.29 Å². The average Bonchev–Trinajstić information content (AvgIpc) is 1.78. The molecular weight excluding hydrogens is 174 g/mol. The Bertz CT molecular complexity index is 199. The molecule has 0 saturated carbocycles. The van der Waals surface area contributed by atoms with E-state index in [0.29, 0.717) is 0 Å². The van der Waals surface area contributed by atoms with Crippen molar-refractivity contribution in [1.82, 2.24) is 5.32 Å². The van der Waals surface area contributed by atoms with Crippen LogP contribution in [0, 0.1) is 5.41 Å². The minimum Gasteiger partial charge on any atom is -0.307 e. The molecule has 0 aliphatic carbocycles. The van der Waals surface area contributed by atoms with E-state index in [1.165, 1.54) is 0 Å². The minimum absolute atomic E-state index is 0.0112. The van der Waals surface area contributed by atoms with Crippen LogP contribution in [0.4, 0.5) is 0 Å². The Kier molecular flexibility index (Phi) is 3.91. The first kappa shape index (κ1) is 13.6. The zero-order valence-electron chi connectivity index (χ0n) is 10.7. The van der Waals surface area contributed by atoms with Crippen molar-refractivity contribution in [2.75, 3.05) is 0 Å². The molecule has 14 heavy (non-hydrogen) atoms. The molecular formula is C12H25NO. The van der Waals surface area contributed by atoms with Gasteiger partial charge in [-0.25, -0.2) is 0 Å². The maximum atomic E-state index is 10.8. The number of nitrogens with one attached hydrogen (secondary N) is 1. The molecule has 0 aliphatic heterocycles. The lowest BCUT2D eigenvalue weighted by Crippen LogP contribution is -2.52. The molecule has 0 amide bonds. The summed E-state index contributed by atoms with van der Waals surface area (Å²) >= 11 is 0. The molecule has 0 aromatic carbocycles. The van der Waals surface area contributed by atoms with Gasteiger partial charge in [0.05, 0.1) is 0 Å². The molecule has 2 nitrogen and oxygen atoms in total. The van der Waals surface area contributed by atoms with Crippen LogP contribution in [-0.4, -0.2) is 17.4 Å². The molecule has 84 valence electrons. The van der Waals surface area contributed by atoms with Crippen molar-refractivity contribution in [2.24, 2.45) is 5.41 Å². The molecule has 0 spiro atoms. The molecule has 0 bridgehead atoms. The third-order valence-electron chi connectivity index (χ3n) is 1.93. The Labute approximate surface area is 88.5 Å². The summed E-state index contributed by atoms with van der Waals surface area (Å²) in [6, 6.07) is 0. The van der Waals surface area contributed by atoms with Gasteiger partial charge in [-0.3, -0.25) is 0 Å². The van der Waals surface area contributed by atoms with Gasteiger partial charge in [0.2, 0.25) is 0 Å². The van der Waals surface area contributed by atoms with Crippen molar-refractivity contribution in [3.05, 3.63) is 0 Å². The second kappa shape index (κ2) is 4.01. The zero-order valence-corrected chi connectivity index (χ0v) is 10.7. The van der Waals surface area contributed by atoms with Crippen molar-refractivity contribution in [3.8, 4) is 0 Å². The normalized spacial score (nSPS) is 14.2. The predicted molar refractivity (Wildman–Crippen MR) is 61.4 cm³/mol. The summed E-state index contributed by atoms with van der Waals surface area (Å²) in [7, 11) is 0. The highest BCUT2D eigenvalue weighted by Crippen LogP contribution is 2.27. The van der Waals surface area contributed by atoms with Crippen LogP contribution < -0.4 is 5.32 Å². The van der Waals surface area contributed by atoms with Gasteiger partial charge >= 0.3 is 0 Å². The first-order chi connectivity index (χ1) is 5.97. The molecule has 0 atom stereocenters. The molecule has 1 N–H and O–H groups in total. The summed E-state index contributed by atoms with van der Waals surface area (Å²) in [4.78, 5) is 10.8. The van der Waals surface area contributed by atoms with Gasteiger partial charge in [0.15, 0.2) is 0 Å².